The Balaban J connectivity index is 0.00000392. The van der Waals surface area contributed by atoms with Gasteiger partial charge in [-0.05, 0) is 17.9 Å². The number of nitrogens with one attached hydrogen (secondary N) is 2. The van der Waals surface area contributed by atoms with Gasteiger partial charge in [0, 0.05) is 13.0 Å². The molecule has 0 saturated carbocycles. The first-order valence-corrected chi connectivity index (χ1v) is 8.92. The fourth-order valence-electron chi connectivity index (χ4n) is 2.84. The molecule has 1 aromatic rings. The number of rotatable bonds is 10. The molecular formula is C19H26N3NaO5. The van der Waals surface area contributed by atoms with Crippen LogP contribution in [0.15, 0.2) is 30.3 Å². The third-order valence-electron chi connectivity index (χ3n) is 4.43. The quantitative estimate of drug-likeness (QED) is 0.279. The van der Waals surface area contributed by atoms with Crippen LogP contribution in [0, 0.1) is 5.92 Å². The first-order chi connectivity index (χ1) is 12.8. The Morgan fingerprint density at radius 1 is 1.18 bits per heavy atom. The van der Waals surface area contributed by atoms with E-state index in [9.17, 15) is 19.2 Å². The first kappa shape index (κ1) is 24.1. The van der Waals surface area contributed by atoms with Gasteiger partial charge in [0.05, 0.1) is 0 Å². The van der Waals surface area contributed by atoms with Gasteiger partial charge in [-0.2, -0.15) is 0 Å². The normalized spacial score (nSPS) is 18.6. The van der Waals surface area contributed by atoms with E-state index in [0.29, 0.717) is 18.9 Å². The molecule has 28 heavy (non-hydrogen) atoms. The number of carbonyl (C=O) groups excluding carboxylic acids is 3. The van der Waals surface area contributed by atoms with Gasteiger partial charge in [0.2, 0.25) is 18.2 Å². The van der Waals surface area contributed by atoms with Crippen molar-refractivity contribution in [1.82, 2.24) is 15.5 Å². The maximum atomic E-state index is 12.5. The van der Waals surface area contributed by atoms with Crippen LogP contribution in [0.5, 0.6) is 0 Å². The number of hydrogen-bond acceptors (Lipinski definition) is 4. The van der Waals surface area contributed by atoms with Gasteiger partial charge in [-0.3, -0.25) is 14.4 Å². The van der Waals surface area contributed by atoms with Crippen LogP contribution in [0.3, 0.4) is 0 Å². The van der Waals surface area contributed by atoms with Crippen molar-refractivity contribution in [3.8, 4) is 0 Å². The van der Waals surface area contributed by atoms with E-state index in [4.69, 9.17) is 5.11 Å². The van der Waals surface area contributed by atoms with Crippen molar-refractivity contribution in [3.63, 3.8) is 0 Å². The molecule has 0 aliphatic carbocycles. The Morgan fingerprint density at radius 3 is 2.32 bits per heavy atom. The molecule has 3 amide bonds. The summed E-state index contributed by atoms with van der Waals surface area (Å²) < 4.78 is 0. The molecule has 0 aromatic heterocycles. The average Bonchev–Trinajstić information content (AvgIpc) is 3.36. The van der Waals surface area contributed by atoms with E-state index in [0.717, 1.165) is 16.9 Å². The summed E-state index contributed by atoms with van der Waals surface area (Å²) in [5.74, 6) is -1.80. The number of nitrogens with zero attached hydrogens (tertiary/aromatic N) is 1. The third kappa shape index (κ3) is 6.61. The van der Waals surface area contributed by atoms with E-state index in [2.05, 4.69) is 10.6 Å². The van der Waals surface area contributed by atoms with Crippen molar-refractivity contribution in [2.75, 3.05) is 6.54 Å². The van der Waals surface area contributed by atoms with Crippen LogP contribution in [0.1, 0.15) is 25.8 Å². The van der Waals surface area contributed by atoms with Crippen molar-refractivity contribution >= 4 is 53.8 Å². The zero-order valence-corrected chi connectivity index (χ0v) is 15.4. The Labute approximate surface area is 186 Å². The molecule has 3 N–H and O–H groups in total. The van der Waals surface area contributed by atoms with E-state index >= 15 is 0 Å². The fraction of sp³-hybridized carbons (Fsp3) is 0.474. The van der Waals surface area contributed by atoms with Gasteiger partial charge in [0.1, 0.15) is 12.1 Å². The van der Waals surface area contributed by atoms with E-state index in [-0.39, 0.29) is 41.9 Å². The standard InChI is InChI=1S/C19H25N3O5.Na.H/c1-12(2)8-9-20-17(24)14(10-13-6-4-3-5-7-13)21-18(25)15-16(19(26)27)22(15)11-23;;/h3-7,11-12,14-16H,8-10H2,1-2H3,(H,20,24)(H,21,25)(H,26,27);;/t14-,15-,16-,22?;;/m0../s1. The molecule has 1 aliphatic heterocycles. The average molecular weight is 399 g/mol. The summed E-state index contributed by atoms with van der Waals surface area (Å²) in [5.41, 5.74) is 0.861. The summed E-state index contributed by atoms with van der Waals surface area (Å²) >= 11 is 0. The molecule has 8 nitrogen and oxygen atoms in total. The van der Waals surface area contributed by atoms with Crippen molar-refractivity contribution in [3.05, 3.63) is 35.9 Å². The Kier molecular flexibility index (Phi) is 9.64. The minimum atomic E-state index is -1.25. The number of amides is 3. The van der Waals surface area contributed by atoms with Crippen molar-refractivity contribution < 1.29 is 24.3 Å². The monoisotopic (exact) mass is 399 g/mol. The predicted octanol–water partition coefficient (Wildman–Crippen LogP) is -0.478. The van der Waals surface area contributed by atoms with E-state index < -0.39 is 30.0 Å². The van der Waals surface area contributed by atoms with Crippen LogP contribution in [0.2, 0.25) is 0 Å². The second-order valence-electron chi connectivity index (χ2n) is 7.00. The maximum absolute atomic E-state index is 12.5. The van der Waals surface area contributed by atoms with Gasteiger partial charge in [0.25, 0.3) is 0 Å². The summed E-state index contributed by atoms with van der Waals surface area (Å²) in [4.78, 5) is 47.9. The van der Waals surface area contributed by atoms with Gasteiger partial charge < -0.3 is 20.6 Å². The Hall–Kier alpha value is -1.90. The van der Waals surface area contributed by atoms with Crippen LogP contribution < -0.4 is 10.6 Å². The molecule has 0 radical (unpaired) electrons. The number of aliphatic carboxylic acids is 1. The Bertz CT molecular complexity index is 698. The summed E-state index contributed by atoms with van der Waals surface area (Å²) in [7, 11) is 0. The van der Waals surface area contributed by atoms with Crippen molar-refractivity contribution in [1.29, 1.82) is 0 Å². The predicted molar refractivity (Wildman–Crippen MR) is 105 cm³/mol. The molecule has 0 unspecified atom stereocenters. The van der Waals surface area contributed by atoms with Crippen molar-refractivity contribution in [2.45, 2.75) is 44.8 Å². The van der Waals surface area contributed by atoms with E-state index in [1.807, 2.05) is 44.2 Å². The molecule has 1 saturated heterocycles. The SMILES string of the molecule is CC(C)CCNC(=O)[C@H](Cc1ccccc1)NC(=O)[C@@H]1[C@@H](C(=O)O)N1C=O.[NaH]. The summed E-state index contributed by atoms with van der Waals surface area (Å²) in [6.45, 7) is 4.57. The summed E-state index contributed by atoms with van der Waals surface area (Å²) in [5, 5.41) is 14.5. The zero-order chi connectivity index (χ0) is 20.0. The zero-order valence-electron chi connectivity index (χ0n) is 15.4. The second-order valence-corrected chi connectivity index (χ2v) is 7.00. The van der Waals surface area contributed by atoms with Crippen LogP contribution in [-0.2, 0) is 25.6 Å². The van der Waals surface area contributed by atoms with Crippen LogP contribution in [-0.4, -0.2) is 88.4 Å². The van der Waals surface area contributed by atoms with E-state index in [1.54, 1.807) is 0 Å². The minimum absolute atomic E-state index is 0. The van der Waals surface area contributed by atoms with Gasteiger partial charge in [-0.25, -0.2) is 4.79 Å². The molecular weight excluding hydrogens is 373 g/mol. The number of carbonyl (C=O) groups is 4. The third-order valence-corrected chi connectivity index (χ3v) is 4.43. The molecule has 1 aromatic carbocycles. The van der Waals surface area contributed by atoms with Gasteiger partial charge in [0.15, 0.2) is 6.04 Å². The number of hydrogen-bond donors (Lipinski definition) is 3. The van der Waals surface area contributed by atoms with Gasteiger partial charge in [-0.15, -0.1) is 0 Å². The summed E-state index contributed by atoms with van der Waals surface area (Å²) in [6.07, 6.45) is 1.41. The van der Waals surface area contributed by atoms with Crippen LogP contribution >= 0.6 is 0 Å². The van der Waals surface area contributed by atoms with E-state index in [1.165, 1.54) is 0 Å². The second kappa shape index (κ2) is 11.2. The number of carboxylic acid groups (broad SMARTS) is 1. The number of benzene rings is 1. The molecule has 1 fully saturated rings. The molecule has 1 aliphatic rings. The van der Waals surface area contributed by atoms with Crippen LogP contribution in [0.4, 0.5) is 0 Å². The fourth-order valence-corrected chi connectivity index (χ4v) is 2.84. The molecule has 0 bridgehead atoms. The summed E-state index contributed by atoms with van der Waals surface area (Å²) in [6, 6.07) is 6.09. The Morgan fingerprint density at radius 2 is 1.82 bits per heavy atom. The molecule has 0 spiro atoms. The first-order valence-electron chi connectivity index (χ1n) is 8.92. The molecule has 2 rings (SSSR count). The van der Waals surface area contributed by atoms with Crippen LogP contribution in [0.25, 0.3) is 0 Å². The van der Waals surface area contributed by atoms with Gasteiger partial charge in [-0.1, -0.05) is 44.2 Å². The molecule has 9 heteroatoms. The molecule has 3 atom stereocenters. The number of carboxylic acids is 1. The molecule has 148 valence electrons. The van der Waals surface area contributed by atoms with Gasteiger partial charge >= 0.3 is 35.5 Å². The topological polar surface area (TPSA) is 116 Å². The van der Waals surface area contributed by atoms with Crippen molar-refractivity contribution in [2.24, 2.45) is 5.92 Å². The molecule has 1 heterocycles.